The zero-order valence-corrected chi connectivity index (χ0v) is 19.1. The molecule has 2 aromatic heterocycles. The lowest BCUT2D eigenvalue weighted by Gasteiger charge is -2.39. The fraction of sp³-hybridized carbons (Fsp3) is 0.417. The third-order valence-corrected chi connectivity index (χ3v) is 6.63. The van der Waals surface area contributed by atoms with Gasteiger partial charge in [-0.25, -0.2) is 14.4 Å². The number of nitrogens with one attached hydrogen (secondary N) is 2. The maximum Gasteiger partial charge on any atom is 0.270 e. The van der Waals surface area contributed by atoms with E-state index in [1.807, 2.05) is 11.8 Å². The van der Waals surface area contributed by atoms with Gasteiger partial charge in [-0.1, -0.05) is 6.07 Å². The van der Waals surface area contributed by atoms with Gasteiger partial charge < -0.3 is 15.2 Å². The number of amides is 1. The van der Waals surface area contributed by atoms with Crippen LogP contribution in [0.3, 0.4) is 0 Å². The van der Waals surface area contributed by atoms with Crippen LogP contribution in [-0.4, -0.2) is 58.0 Å². The first-order valence-corrected chi connectivity index (χ1v) is 11.5. The van der Waals surface area contributed by atoms with Crippen LogP contribution in [-0.2, 0) is 0 Å². The van der Waals surface area contributed by atoms with Gasteiger partial charge in [-0.2, -0.15) is 4.39 Å². The summed E-state index contributed by atoms with van der Waals surface area (Å²) < 4.78 is 29.9. The summed E-state index contributed by atoms with van der Waals surface area (Å²) in [6.45, 7) is 5.73. The lowest BCUT2D eigenvalue weighted by Crippen LogP contribution is -2.47. The van der Waals surface area contributed by atoms with E-state index in [1.54, 1.807) is 31.2 Å². The van der Waals surface area contributed by atoms with Gasteiger partial charge in [0.25, 0.3) is 11.5 Å². The first-order valence-electron chi connectivity index (χ1n) is 11.5. The van der Waals surface area contributed by atoms with E-state index < -0.39 is 17.3 Å². The number of nitrogens with zero attached hydrogens (tertiary/aromatic N) is 4. The molecule has 34 heavy (non-hydrogen) atoms. The molecular weight excluding hydrogens is 442 g/mol. The number of hydrogen-bond acceptors (Lipinski definition) is 6. The van der Waals surface area contributed by atoms with Gasteiger partial charge in [0.05, 0.1) is 11.2 Å². The average Bonchev–Trinajstić information content (AvgIpc) is 3.64. The molecule has 1 aliphatic carbocycles. The molecule has 5 rings (SSSR count). The fourth-order valence-electron chi connectivity index (χ4n) is 4.38. The second-order valence-electron chi connectivity index (χ2n) is 8.97. The number of benzene rings is 1. The minimum Gasteiger partial charge on any atom is -0.365 e. The highest BCUT2D eigenvalue weighted by atomic mass is 19.1. The van der Waals surface area contributed by atoms with Gasteiger partial charge in [-0.05, 0) is 44.9 Å². The summed E-state index contributed by atoms with van der Waals surface area (Å²) in [6, 6.07) is 6.50. The van der Waals surface area contributed by atoms with Crippen LogP contribution in [0, 0.1) is 18.7 Å². The van der Waals surface area contributed by atoms with Crippen LogP contribution >= 0.6 is 0 Å². The van der Waals surface area contributed by atoms with E-state index in [4.69, 9.17) is 0 Å². The molecule has 1 atom stereocenters. The van der Waals surface area contributed by atoms with Gasteiger partial charge in [0.15, 0.2) is 5.82 Å². The van der Waals surface area contributed by atoms with Crippen LogP contribution in [0.1, 0.15) is 47.6 Å². The van der Waals surface area contributed by atoms with Crippen LogP contribution < -0.4 is 15.8 Å². The van der Waals surface area contributed by atoms with E-state index in [-0.39, 0.29) is 29.2 Å². The van der Waals surface area contributed by atoms with Crippen molar-refractivity contribution in [2.24, 2.45) is 0 Å². The quantitative estimate of drug-likeness (QED) is 0.560. The van der Waals surface area contributed by atoms with Crippen molar-refractivity contribution in [1.29, 1.82) is 0 Å². The maximum absolute atomic E-state index is 15.2. The topological polar surface area (TPSA) is 94.2 Å². The zero-order chi connectivity index (χ0) is 24.0. The number of hydrogen-bond donors (Lipinski definition) is 2. The van der Waals surface area contributed by atoms with Crippen LogP contribution in [0.15, 0.2) is 29.1 Å². The first-order chi connectivity index (χ1) is 16.3. The van der Waals surface area contributed by atoms with Crippen LogP contribution in [0.5, 0.6) is 0 Å². The Balaban J connectivity index is 1.28. The average molecular weight is 469 g/mol. The summed E-state index contributed by atoms with van der Waals surface area (Å²) in [5.41, 5.74) is 1.31. The number of carbonyl (C=O) groups is 1. The molecule has 1 aromatic carbocycles. The van der Waals surface area contributed by atoms with Crippen molar-refractivity contribution in [2.45, 2.75) is 38.8 Å². The highest BCUT2D eigenvalue weighted by Crippen LogP contribution is 2.29. The van der Waals surface area contributed by atoms with Crippen LogP contribution in [0.4, 0.5) is 14.5 Å². The molecule has 8 nitrogen and oxygen atoms in total. The number of carbonyl (C=O) groups excluding carboxylic acids is 1. The largest absolute Gasteiger partial charge is 0.365 e. The minimum atomic E-state index is -0.669. The fourth-order valence-corrected chi connectivity index (χ4v) is 4.38. The standard InChI is InChI=1S/C24H26F2N6O2/c1-13-23(33)30-21-17(27-13)6-5-16(20(21)25)14(2)31-9-11-32(12-10-31)19-8-7-18(29-22(19)26)24(34)28-15-3-4-15/h5-8,14-15H,3-4,9-12H2,1-2H3,(H,28,34)(H,30,33). The smallest absolute Gasteiger partial charge is 0.270 e. The number of aromatic amines is 1. The molecule has 1 aliphatic heterocycles. The summed E-state index contributed by atoms with van der Waals surface area (Å²) >= 11 is 0. The Hall–Kier alpha value is -3.40. The van der Waals surface area contributed by atoms with Crippen molar-refractivity contribution in [1.82, 2.24) is 25.2 Å². The van der Waals surface area contributed by atoms with Gasteiger partial charge in [0.1, 0.15) is 16.9 Å². The Kier molecular flexibility index (Phi) is 5.76. The first kappa shape index (κ1) is 22.4. The number of piperazine rings is 1. The van der Waals surface area contributed by atoms with Crippen LogP contribution in [0.2, 0.25) is 0 Å². The molecule has 2 N–H and O–H groups in total. The normalized spacial score (nSPS) is 17.7. The molecule has 1 amide bonds. The molecule has 3 heterocycles. The molecule has 0 radical (unpaired) electrons. The molecule has 1 saturated heterocycles. The highest BCUT2D eigenvalue weighted by Gasteiger charge is 2.28. The van der Waals surface area contributed by atoms with E-state index in [0.717, 1.165) is 12.8 Å². The lowest BCUT2D eigenvalue weighted by molar-refractivity contribution is 0.0945. The molecule has 3 aromatic rings. The molecule has 1 unspecified atom stereocenters. The van der Waals surface area contributed by atoms with Gasteiger partial charge >= 0.3 is 0 Å². The highest BCUT2D eigenvalue weighted by molar-refractivity contribution is 5.92. The Morgan fingerprint density at radius 3 is 2.53 bits per heavy atom. The van der Waals surface area contributed by atoms with Crippen molar-refractivity contribution in [3.05, 3.63) is 63.3 Å². The summed E-state index contributed by atoms with van der Waals surface area (Å²) in [4.78, 5) is 38.7. The molecule has 10 heteroatoms. The predicted octanol–water partition coefficient (Wildman–Crippen LogP) is 2.68. The number of H-pyrrole nitrogens is 1. The zero-order valence-electron chi connectivity index (χ0n) is 19.1. The Morgan fingerprint density at radius 1 is 1.12 bits per heavy atom. The predicted molar refractivity (Wildman–Crippen MR) is 124 cm³/mol. The maximum atomic E-state index is 15.2. The third kappa shape index (κ3) is 4.25. The second kappa shape index (κ2) is 8.75. The number of anilines is 1. The SMILES string of the molecule is Cc1nc2ccc(C(C)N3CCN(c4ccc(C(=O)NC5CC5)nc4F)CC3)c(F)c2[nH]c1=O. The van der Waals surface area contributed by atoms with E-state index in [9.17, 15) is 14.0 Å². The third-order valence-electron chi connectivity index (χ3n) is 6.63. The molecule has 1 saturated carbocycles. The lowest BCUT2D eigenvalue weighted by atomic mass is 10.0. The van der Waals surface area contributed by atoms with E-state index in [1.165, 1.54) is 0 Å². The number of aryl methyl sites for hydroxylation is 1. The molecule has 0 bridgehead atoms. The molecule has 0 spiro atoms. The number of fused-ring (bicyclic) bond motifs is 1. The molecule has 2 fully saturated rings. The van der Waals surface area contributed by atoms with Gasteiger partial charge in [0, 0.05) is 43.8 Å². The van der Waals surface area contributed by atoms with Crippen molar-refractivity contribution in [2.75, 3.05) is 31.1 Å². The van der Waals surface area contributed by atoms with E-state index in [2.05, 4.69) is 25.2 Å². The van der Waals surface area contributed by atoms with Gasteiger partial charge in [-0.3, -0.25) is 14.5 Å². The van der Waals surface area contributed by atoms with Crippen molar-refractivity contribution in [3.63, 3.8) is 0 Å². The number of halogens is 2. The van der Waals surface area contributed by atoms with E-state index in [0.29, 0.717) is 48.6 Å². The Bertz CT molecular complexity index is 1310. The molecule has 2 aliphatic rings. The molecular formula is C24H26F2N6O2. The van der Waals surface area contributed by atoms with Gasteiger partial charge in [0.2, 0.25) is 5.95 Å². The monoisotopic (exact) mass is 468 g/mol. The Labute approximate surface area is 195 Å². The minimum absolute atomic E-state index is 0.0786. The van der Waals surface area contributed by atoms with Crippen LogP contribution in [0.25, 0.3) is 11.0 Å². The number of aromatic nitrogens is 3. The van der Waals surface area contributed by atoms with Crippen molar-refractivity contribution < 1.29 is 13.6 Å². The summed E-state index contributed by atoms with van der Waals surface area (Å²) in [5, 5.41) is 2.81. The van der Waals surface area contributed by atoms with Gasteiger partial charge in [-0.15, -0.1) is 0 Å². The Morgan fingerprint density at radius 2 is 1.85 bits per heavy atom. The summed E-state index contributed by atoms with van der Waals surface area (Å²) in [7, 11) is 0. The van der Waals surface area contributed by atoms with E-state index >= 15 is 4.39 Å². The second-order valence-corrected chi connectivity index (χ2v) is 8.97. The molecule has 178 valence electrons. The number of rotatable bonds is 5. The summed E-state index contributed by atoms with van der Waals surface area (Å²) in [5.74, 6) is -1.50. The van der Waals surface area contributed by atoms with Crippen molar-refractivity contribution >= 4 is 22.6 Å². The summed E-state index contributed by atoms with van der Waals surface area (Å²) in [6.07, 6.45) is 1.90. The number of pyridine rings is 1. The van der Waals surface area contributed by atoms with Crippen molar-refractivity contribution in [3.8, 4) is 0 Å².